The molecule has 2 rings (SSSR count). The van der Waals surface area contributed by atoms with Crippen molar-refractivity contribution in [2.24, 2.45) is 0 Å². The molecule has 4 nitrogen and oxygen atoms in total. The molecule has 0 saturated carbocycles. The first kappa shape index (κ1) is 12.8. The predicted octanol–water partition coefficient (Wildman–Crippen LogP) is 2.49. The maximum atomic E-state index is 12.3. The van der Waals surface area contributed by atoms with Crippen molar-refractivity contribution in [2.45, 2.75) is 11.8 Å². The van der Waals surface area contributed by atoms with Gasteiger partial charge in [0.1, 0.15) is 0 Å². The van der Waals surface area contributed by atoms with Gasteiger partial charge in [0.2, 0.25) is 5.91 Å². The molecule has 0 bridgehead atoms. The van der Waals surface area contributed by atoms with E-state index < -0.39 is 15.9 Å². The molecule has 0 aliphatic rings. The molecular formula is C12H11NO3S2. The van der Waals surface area contributed by atoms with Gasteiger partial charge in [0.05, 0.1) is 10.6 Å². The van der Waals surface area contributed by atoms with Gasteiger partial charge in [-0.05, 0) is 23.6 Å². The van der Waals surface area contributed by atoms with Gasteiger partial charge >= 0.3 is 0 Å². The SMILES string of the molecule is CC(=O)N(c1ccccc1)S(=O)(=O)c1ccsc1. The van der Waals surface area contributed by atoms with E-state index >= 15 is 0 Å². The van der Waals surface area contributed by atoms with Crippen LogP contribution in [0.15, 0.2) is 52.1 Å². The lowest BCUT2D eigenvalue weighted by Crippen LogP contribution is -2.34. The minimum atomic E-state index is -3.82. The smallest absolute Gasteiger partial charge is 0.271 e. The molecule has 0 spiro atoms. The van der Waals surface area contributed by atoms with Gasteiger partial charge in [0.25, 0.3) is 10.0 Å². The van der Waals surface area contributed by atoms with Crippen LogP contribution in [0.2, 0.25) is 0 Å². The molecule has 0 fully saturated rings. The fourth-order valence-electron chi connectivity index (χ4n) is 1.56. The number of hydrogen-bond donors (Lipinski definition) is 0. The highest BCUT2D eigenvalue weighted by molar-refractivity contribution is 7.93. The van der Waals surface area contributed by atoms with E-state index in [-0.39, 0.29) is 4.90 Å². The van der Waals surface area contributed by atoms with Gasteiger partial charge in [-0.3, -0.25) is 4.79 Å². The van der Waals surface area contributed by atoms with E-state index in [9.17, 15) is 13.2 Å². The Balaban J connectivity index is 2.54. The number of carbonyl (C=O) groups is 1. The summed E-state index contributed by atoms with van der Waals surface area (Å²) in [5.41, 5.74) is 0.344. The van der Waals surface area contributed by atoms with E-state index in [2.05, 4.69) is 0 Å². The van der Waals surface area contributed by atoms with E-state index in [1.54, 1.807) is 35.7 Å². The topological polar surface area (TPSA) is 54.5 Å². The highest BCUT2D eigenvalue weighted by atomic mass is 32.2. The van der Waals surface area contributed by atoms with E-state index in [0.717, 1.165) is 4.31 Å². The van der Waals surface area contributed by atoms with Crippen LogP contribution >= 0.6 is 11.3 Å². The molecule has 0 N–H and O–H groups in total. The van der Waals surface area contributed by atoms with Crippen LogP contribution in [0.5, 0.6) is 0 Å². The lowest BCUT2D eigenvalue weighted by atomic mass is 10.3. The first-order chi connectivity index (χ1) is 8.53. The molecule has 1 amide bonds. The van der Waals surface area contributed by atoms with Crippen LogP contribution in [-0.4, -0.2) is 14.3 Å². The number of nitrogens with zero attached hydrogens (tertiary/aromatic N) is 1. The summed E-state index contributed by atoms with van der Waals surface area (Å²) in [6, 6.07) is 9.80. The number of anilines is 1. The summed E-state index contributed by atoms with van der Waals surface area (Å²) in [5, 5.41) is 3.17. The molecular weight excluding hydrogens is 270 g/mol. The zero-order valence-electron chi connectivity index (χ0n) is 9.61. The molecule has 0 radical (unpaired) electrons. The highest BCUT2D eigenvalue weighted by Gasteiger charge is 2.28. The van der Waals surface area contributed by atoms with Gasteiger partial charge in [0, 0.05) is 12.3 Å². The van der Waals surface area contributed by atoms with Crippen molar-refractivity contribution < 1.29 is 13.2 Å². The Kier molecular flexibility index (Phi) is 3.49. The Morgan fingerprint density at radius 3 is 2.33 bits per heavy atom. The molecule has 0 saturated heterocycles. The average molecular weight is 281 g/mol. The third-order valence-corrected chi connectivity index (χ3v) is 4.94. The maximum Gasteiger partial charge on any atom is 0.271 e. The minimum Gasteiger partial charge on any atom is -0.274 e. The Labute approximate surface area is 110 Å². The Hall–Kier alpha value is -1.66. The van der Waals surface area contributed by atoms with Crippen LogP contribution in [0.1, 0.15) is 6.92 Å². The molecule has 1 aromatic heterocycles. The van der Waals surface area contributed by atoms with Crippen LogP contribution in [0, 0.1) is 0 Å². The number of benzene rings is 1. The summed E-state index contributed by atoms with van der Waals surface area (Å²) in [6.07, 6.45) is 0. The van der Waals surface area contributed by atoms with Gasteiger partial charge < -0.3 is 0 Å². The van der Waals surface area contributed by atoms with Crippen LogP contribution in [0.4, 0.5) is 5.69 Å². The van der Waals surface area contributed by atoms with E-state index in [4.69, 9.17) is 0 Å². The molecule has 18 heavy (non-hydrogen) atoms. The Bertz CT molecular complexity index is 633. The van der Waals surface area contributed by atoms with Crippen molar-refractivity contribution in [1.82, 2.24) is 0 Å². The fraction of sp³-hybridized carbons (Fsp3) is 0.0833. The number of amides is 1. The summed E-state index contributed by atoms with van der Waals surface area (Å²) >= 11 is 1.27. The van der Waals surface area contributed by atoms with Gasteiger partial charge in [0.15, 0.2) is 0 Å². The molecule has 2 aromatic rings. The van der Waals surface area contributed by atoms with Crippen LogP contribution in [0.25, 0.3) is 0 Å². The monoisotopic (exact) mass is 281 g/mol. The second-order valence-electron chi connectivity index (χ2n) is 3.58. The second-order valence-corrected chi connectivity index (χ2v) is 6.15. The summed E-state index contributed by atoms with van der Waals surface area (Å²) in [6.45, 7) is 1.23. The molecule has 1 aromatic carbocycles. The number of hydrogen-bond acceptors (Lipinski definition) is 4. The standard InChI is InChI=1S/C12H11NO3S2/c1-10(14)13(11-5-3-2-4-6-11)18(15,16)12-7-8-17-9-12/h2-9H,1H3. The van der Waals surface area contributed by atoms with Gasteiger partial charge in [-0.15, -0.1) is 0 Å². The Morgan fingerprint density at radius 2 is 1.83 bits per heavy atom. The van der Waals surface area contributed by atoms with E-state index in [1.165, 1.54) is 29.7 Å². The number of para-hydroxylation sites is 1. The van der Waals surface area contributed by atoms with Crippen LogP contribution in [0.3, 0.4) is 0 Å². The first-order valence-electron chi connectivity index (χ1n) is 5.16. The van der Waals surface area contributed by atoms with Crippen molar-refractivity contribution in [3.63, 3.8) is 0 Å². The Morgan fingerprint density at radius 1 is 1.17 bits per heavy atom. The van der Waals surface area contributed by atoms with Crippen molar-refractivity contribution in [2.75, 3.05) is 4.31 Å². The number of thiophene rings is 1. The maximum absolute atomic E-state index is 12.3. The molecule has 0 atom stereocenters. The molecule has 0 aliphatic carbocycles. The van der Waals surface area contributed by atoms with Crippen molar-refractivity contribution >= 4 is 33.0 Å². The summed E-state index contributed by atoms with van der Waals surface area (Å²) < 4.78 is 25.5. The molecule has 6 heteroatoms. The zero-order valence-corrected chi connectivity index (χ0v) is 11.2. The van der Waals surface area contributed by atoms with Crippen LogP contribution in [-0.2, 0) is 14.8 Å². The first-order valence-corrected chi connectivity index (χ1v) is 7.55. The number of carbonyl (C=O) groups excluding carboxylic acids is 1. The van der Waals surface area contributed by atoms with Gasteiger partial charge in [-0.1, -0.05) is 18.2 Å². The largest absolute Gasteiger partial charge is 0.274 e. The zero-order chi connectivity index (χ0) is 13.2. The lowest BCUT2D eigenvalue weighted by molar-refractivity contribution is -0.115. The summed E-state index contributed by atoms with van der Waals surface area (Å²) in [5.74, 6) is -0.535. The van der Waals surface area contributed by atoms with Crippen molar-refractivity contribution in [3.8, 4) is 0 Å². The summed E-state index contributed by atoms with van der Waals surface area (Å²) in [7, 11) is -3.82. The van der Waals surface area contributed by atoms with Gasteiger partial charge in [-0.25, -0.2) is 12.7 Å². The lowest BCUT2D eigenvalue weighted by Gasteiger charge is -2.20. The van der Waals surface area contributed by atoms with E-state index in [0.29, 0.717) is 5.69 Å². The third kappa shape index (κ3) is 2.30. The fourth-order valence-corrected chi connectivity index (χ4v) is 4.00. The molecule has 0 unspecified atom stereocenters. The minimum absolute atomic E-state index is 0.131. The van der Waals surface area contributed by atoms with Crippen molar-refractivity contribution in [1.29, 1.82) is 0 Å². The quantitative estimate of drug-likeness (QED) is 0.868. The third-order valence-electron chi connectivity index (χ3n) is 2.31. The molecule has 0 aliphatic heterocycles. The number of sulfonamides is 1. The molecule has 1 heterocycles. The average Bonchev–Trinajstić information content (AvgIpc) is 2.83. The second kappa shape index (κ2) is 4.91. The molecule has 94 valence electrons. The van der Waals surface area contributed by atoms with E-state index in [1.807, 2.05) is 0 Å². The normalized spacial score (nSPS) is 11.2. The highest BCUT2D eigenvalue weighted by Crippen LogP contribution is 2.24. The number of rotatable bonds is 3. The summed E-state index contributed by atoms with van der Waals surface area (Å²) in [4.78, 5) is 11.8. The van der Waals surface area contributed by atoms with Gasteiger partial charge in [-0.2, -0.15) is 11.3 Å². The van der Waals surface area contributed by atoms with Crippen LogP contribution < -0.4 is 4.31 Å². The van der Waals surface area contributed by atoms with Crippen molar-refractivity contribution in [3.05, 3.63) is 47.2 Å². The predicted molar refractivity (Wildman–Crippen MR) is 71.1 cm³/mol.